The first kappa shape index (κ1) is 18.8. The van der Waals surface area contributed by atoms with Crippen molar-refractivity contribution in [1.82, 2.24) is 4.90 Å². The summed E-state index contributed by atoms with van der Waals surface area (Å²) in [6, 6.07) is 17.2. The van der Waals surface area contributed by atoms with Crippen molar-refractivity contribution in [3.05, 3.63) is 83.1 Å². The first-order valence-electron chi connectivity index (χ1n) is 8.63. The van der Waals surface area contributed by atoms with Crippen LogP contribution < -0.4 is 5.73 Å². The summed E-state index contributed by atoms with van der Waals surface area (Å²) in [5.74, 6) is -1.40. The van der Waals surface area contributed by atoms with Crippen molar-refractivity contribution in [3.63, 3.8) is 0 Å². The number of allylic oxidation sites excluding steroid dienone is 1. The third-order valence-electron chi connectivity index (χ3n) is 4.40. The van der Waals surface area contributed by atoms with Crippen LogP contribution in [0.15, 0.2) is 71.9 Å². The van der Waals surface area contributed by atoms with Crippen molar-refractivity contribution < 1.29 is 18.7 Å². The van der Waals surface area contributed by atoms with Gasteiger partial charge in [-0.05, 0) is 30.5 Å². The first-order valence-corrected chi connectivity index (χ1v) is 8.63. The lowest BCUT2D eigenvalue weighted by Gasteiger charge is -2.41. The molecule has 0 aliphatic carbocycles. The van der Waals surface area contributed by atoms with E-state index in [4.69, 9.17) is 10.5 Å². The van der Waals surface area contributed by atoms with Gasteiger partial charge in [-0.15, -0.1) is 0 Å². The van der Waals surface area contributed by atoms with E-state index in [1.165, 1.54) is 0 Å². The fourth-order valence-electron chi connectivity index (χ4n) is 3.00. The predicted molar refractivity (Wildman–Crippen MR) is 98.9 cm³/mol. The number of amides is 1. The van der Waals surface area contributed by atoms with Gasteiger partial charge in [0.25, 0.3) is 5.91 Å². The zero-order valence-corrected chi connectivity index (χ0v) is 15.1. The van der Waals surface area contributed by atoms with Gasteiger partial charge in [0.15, 0.2) is 6.10 Å². The molecule has 6 heteroatoms. The molecule has 2 N–H and O–H groups in total. The normalized spacial score (nSPS) is 18.9. The predicted octanol–water partition coefficient (Wildman–Crippen LogP) is 3.08. The van der Waals surface area contributed by atoms with E-state index in [1.807, 2.05) is 60.7 Å². The van der Waals surface area contributed by atoms with Gasteiger partial charge in [0.1, 0.15) is 11.7 Å². The number of benzene rings is 2. The number of esters is 1. The monoisotopic (exact) mass is 368 g/mol. The maximum atomic E-state index is 14.1. The van der Waals surface area contributed by atoms with Gasteiger partial charge >= 0.3 is 5.97 Å². The number of nitrogens with zero attached hydrogens (tertiary/aromatic N) is 1. The number of carbonyl (C=O) groups excluding carboxylic acids is 2. The molecule has 1 aliphatic rings. The summed E-state index contributed by atoms with van der Waals surface area (Å²) in [6.07, 6.45) is -2.42. The molecule has 0 spiro atoms. The van der Waals surface area contributed by atoms with Crippen LogP contribution in [0.1, 0.15) is 31.1 Å². The van der Waals surface area contributed by atoms with Crippen LogP contribution in [0.3, 0.4) is 0 Å². The highest BCUT2D eigenvalue weighted by molar-refractivity contribution is 5.99. The SMILES string of the molecule is CC(C)=C(C(=O)OC(c1ccccc1)c1ccccc1)N1C(=O)C(N)C1F. The summed E-state index contributed by atoms with van der Waals surface area (Å²) in [5.41, 5.74) is 7.35. The van der Waals surface area contributed by atoms with Crippen LogP contribution in [0.5, 0.6) is 0 Å². The summed E-state index contributed by atoms with van der Waals surface area (Å²) in [5, 5.41) is 0. The second-order valence-electron chi connectivity index (χ2n) is 6.56. The standard InChI is InChI=1S/C21H21FN2O3/c1-13(2)17(24-19(22)16(23)20(24)25)21(26)27-18(14-9-5-3-6-10-14)15-11-7-4-8-12-15/h3-12,16,18-19H,23H2,1-2H3. The number of β-lactam (4-membered cyclic amide) rings is 1. The van der Waals surface area contributed by atoms with Gasteiger partial charge in [0.05, 0.1) is 0 Å². The number of likely N-dealkylation sites (tertiary alicyclic amines) is 1. The molecular formula is C21H21FN2O3. The van der Waals surface area contributed by atoms with E-state index in [1.54, 1.807) is 13.8 Å². The van der Waals surface area contributed by atoms with Gasteiger partial charge in [-0.1, -0.05) is 60.7 Å². The Balaban J connectivity index is 1.92. The fourth-order valence-corrected chi connectivity index (χ4v) is 3.00. The number of ether oxygens (including phenoxy) is 1. The number of carbonyl (C=O) groups is 2. The maximum Gasteiger partial charge on any atom is 0.356 e. The second kappa shape index (κ2) is 7.72. The number of rotatable bonds is 5. The molecule has 0 radical (unpaired) electrons. The quantitative estimate of drug-likeness (QED) is 0.381. The second-order valence-corrected chi connectivity index (χ2v) is 6.56. The molecule has 2 unspecified atom stereocenters. The van der Waals surface area contributed by atoms with Crippen molar-refractivity contribution in [2.75, 3.05) is 0 Å². The fraction of sp³-hybridized carbons (Fsp3) is 0.238. The molecule has 1 amide bonds. The molecule has 0 saturated carbocycles. The number of nitrogens with two attached hydrogens (primary N) is 1. The largest absolute Gasteiger partial charge is 0.448 e. The van der Waals surface area contributed by atoms with Crippen LogP contribution in [-0.4, -0.2) is 29.1 Å². The molecule has 2 aromatic rings. The minimum atomic E-state index is -1.73. The molecule has 1 saturated heterocycles. The third-order valence-corrected chi connectivity index (χ3v) is 4.40. The maximum absolute atomic E-state index is 14.1. The van der Waals surface area contributed by atoms with E-state index in [-0.39, 0.29) is 5.70 Å². The van der Waals surface area contributed by atoms with Crippen LogP contribution in [0.4, 0.5) is 4.39 Å². The van der Waals surface area contributed by atoms with Crippen LogP contribution in [0.2, 0.25) is 0 Å². The first-order chi connectivity index (χ1) is 12.9. The van der Waals surface area contributed by atoms with Crippen molar-refractivity contribution in [2.45, 2.75) is 32.3 Å². The average molecular weight is 368 g/mol. The number of hydrogen-bond acceptors (Lipinski definition) is 4. The van der Waals surface area contributed by atoms with Gasteiger partial charge in [0.2, 0.25) is 6.30 Å². The Labute approximate surface area is 157 Å². The Hall–Kier alpha value is -2.99. The zero-order valence-electron chi connectivity index (χ0n) is 15.1. The van der Waals surface area contributed by atoms with Crippen LogP contribution >= 0.6 is 0 Å². The summed E-state index contributed by atoms with van der Waals surface area (Å²) in [7, 11) is 0. The minimum absolute atomic E-state index is 0.105. The molecule has 1 heterocycles. The summed E-state index contributed by atoms with van der Waals surface area (Å²) in [6.45, 7) is 3.25. The molecule has 1 fully saturated rings. The molecular weight excluding hydrogens is 347 g/mol. The Bertz CT molecular complexity index is 824. The van der Waals surface area contributed by atoms with Crippen LogP contribution in [-0.2, 0) is 14.3 Å². The van der Waals surface area contributed by atoms with E-state index in [0.717, 1.165) is 16.0 Å². The van der Waals surface area contributed by atoms with Crippen molar-refractivity contribution in [3.8, 4) is 0 Å². The molecule has 0 aromatic heterocycles. The van der Waals surface area contributed by atoms with E-state index < -0.39 is 30.3 Å². The summed E-state index contributed by atoms with van der Waals surface area (Å²) < 4.78 is 19.9. The minimum Gasteiger partial charge on any atom is -0.448 e. The Kier molecular flexibility index (Phi) is 5.37. The topological polar surface area (TPSA) is 72.6 Å². The highest BCUT2D eigenvalue weighted by Gasteiger charge is 2.49. The number of hydrogen-bond donors (Lipinski definition) is 1. The van der Waals surface area contributed by atoms with Gasteiger partial charge in [-0.25, -0.2) is 9.18 Å². The average Bonchev–Trinajstić information content (AvgIpc) is 2.70. The third kappa shape index (κ3) is 3.61. The molecule has 5 nitrogen and oxygen atoms in total. The van der Waals surface area contributed by atoms with Gasteiger partial charge in [-0.3, -0.25) is 9.69 Å². The van der Waals surface area contributed by atoms with Crippen LogP contribution in [0, 0.1) is 0 Å². The molecule has 140 valence electrons. The number of halogens is 1. The van der Waals surface area contributed by atoms with E-state index in [9.17, 15) is 14.0 Å². The molecule has 2 atom stereocenters. The molecule has 27 heavy (non-hydrogen) atoms. The van der Waals surface area contributed by atoms with Crippen molar-refractivity contribution in [1.29, 1.82) is 0 Å². The smallest absolute Gasteiger partial charge is 0.356 e. The van der Waals surface area contributed by atoms with Crippen molar-refractivity contribution in [2.24, 2.45) is 5.73 Å². The Morgan fingerprint density at radius 3 is 1.93 bits per heavy atom. The van der Waals surface area contributed by atoms with Crippen molar-refractivity contribution >= 4 is 11.9 Å². The Morgan fingerprint density at radius 2 is 1.52 bits per heavy atom. The van der Waals surface area contributed by atoms with Gasteiger partial charge in [-0.2, -0.15) is 0 Å². The highest BCUT2D eigenvalue weighted by Crippen LogP contribution is 2.31. The molecule has 2 aromatic carbocycles. The zero-order chi connectivity index (χ0) is 19.6. The van der Waals surface area contributed by atoms with Crippen LogP contribution in [0.25, 0.3) is 0 Å². The Morgan fingerprint density at radius 1 is 1.04 bits per heavy atom. The lowest BCUT2D eigenvalue weighted by atomic mass is 10.0. The van der Waals surface area contributed by atoms with Gasteiger partial charge < -0.3 is 10.5 Å². The van der Waals surface area contributed by atoms with E-state index >= 15 is 0 Å². The molecule has 0 bridgehead atoms. The molecule has 3 rings (SSSR count). The lowest BCUT2D eigenvalue weighted by Crippen LogP contribution is -2.66. The van der Waals surface area contributed by atoms with E-state index in [2.05, 4.69) is 0 Å². The number of alkyl halides is 1. The highest BCUT2D eigenvalue weighted by atomic mass is 19.1. The lowest BCUT2D eigenvalue weighted by molar-refractivity contribution is -0.162. The van der Waals surface area contributed by atoms with E-state index in [0.29, 0.717) is 5.57 Å². The summed E-state index contributed by atoms with van der Waals surface area (Å²) in [4.78, 5) is 25.6. The molecule has 1 aliphatic heterocycles. The summed E-state index contributed by atoms with van der Waals surface area (Å²) >= 11 is 0. The van der Waals surface area contributed by atoms with Gasteiger partial charge in [0, 0.05) is 0 Å².